The third-order valence-corrected chi connectivity index (χ3v) is 3.86. The van der Waals surface area contributed by atoms with Crippen LogP contribution >= 0.6 is 0 Å². The highest BCUT2D eigenvalue weighted by molar-refractivity contribution is 6.06. The van der Waals surface area contributed by atoms with Gasteiger partial charge < -0.3 is 14.8 Å². The molecule has 0 saturated carbocycles. The molecule has 0 saturated heterocycles. The van der Waals surface area contributed by atoms with Crippen molar-refractivity contribution in [2.24, 2.45) is 11.0 Å². The maximum Gasteiger partial charge on any atom is 0.252 e. The summed E-state index contributed by atoms with van der Waals surface area (Å²) in [7, 11) is 1.53. The summed E-state index contributed by atoms with van der Waals surface area (Å²) in [4.78, 5) is 24.3. The number of hydrogen-bond acceptors (Lipinski definition) is 5. The van der Waals surface area contributed by atoms with Gasteiger partial charge in [0.15, 0.2) is 11.5 Å². The number of hydrogen-bond donors (Lipinski definition) is 2. The van der Waals surface area contributed by atoms with E-state index >= 15 is 0 Å². The Morgan fingerprint density at radius 3 is 2.45 bits per heavy atom. The summed E-state index contributed by atoms with van der Waals surface area (Å²) in [5, 5.41) is 6.24. The molecule has 0 aliphatic heterocycles. The van der Waals surface area contributed by atoms with Crippen LogP contribution in [0.5, 0.6) is 11.5 Å². The van der Waals surface area contributed by atoms with E-state index in [-0.39, 0.29) is 11.8 Å². The summed E-state index contributed by atoms with van der Waals surface area (Å²) < 4.78 is 24.5. The van der Waals surface area contributed by atoms with Crippen LogP contribution in [0.3, 0.4) is 0 Å². The molecule has 1 unspecified atom stereocenters. The normalized spacial score (nSPS) is 11.9. The fourth-order valence-electron chi connectivity index (χ4n) is 2.31. The molecule has 2 amide bonds. The van der Waals surface area contributed by atoms with Crippen molar-refractivity contribution in [2.45, 2.75) is 26.9 Å². The molecule has 2 rings (SSSR count). The number of ether oxygens (including phenoxy) is 2. The number of nitrogens with zero attached hydrogens (tertiary/aromatic N) is 1. The predicted octanol–water partition coefficient (Wildman–Crippen LogP) is 3.35. The maximum atomic E-state index is 13.6. The first-order chi connectivity index (χ1) is 13.8. The van der Waals surface area contributed by atoms with Crippen molar-refractivity contribution in [3.8, 4) is 11.5 Å². The second kappa shape index (κ2) is 10.2. The third-order valence-electron chi connectivity index (χ3n) is 3.86. The van der Waals surface area contributed by atoms with Crippen molar-refractivity contribution in [1.29, 1.82) is 0 Å². The van der Waals surface area contributed by atoms with E-state index in [9.17, 15) is 14.0 Å². The first-order valence-electron chi connectivity index (χ1n) is 9.04. The third kappa shape index (κ3) is 6.31. The van der Waals surface area contributed by atoms with Crippen LogP contribution in [0.25, 0.3) is 0 Å². The monoisotopic (exact) mass is 401 g/mol. The fraction of sp³-hybridized carbons (Fsp3) is 0.286. The Bertz CT molecular complexity index is 899. The molecule has 0 aromatic heterocycles. The molecule has 0 spiro atoms. The molecule has 7 nitrogen and oxygen atoms in total. The Labute approximate surface area is 168 Å². The van der Waals surface area contributed by atoms with E-state index in [1.54, 1.807) is 24.3 Å². The molecule has 0 fully saturated rings. The smallest absolute Gasteiger partial charge is 0.252 e. The lowest BCUT2D eigenvalue weighted by atomic mass is 10.1. The minimum Gasteiger partial charge on any atom is -0.493 e. The largest absolute Gasteiger partial charge is 0.493 e. The van der Waals surface area contributed by atoms with E-state index in [0.717, 1.165) is 0 Å². The van der Waals surface area contributed by atoms with Crippen LogP contribution in [0.2, 0.25) is 0 Å². The van der Waals surface area contributed by atoms with Crippen LogP contribution in [0.1, 0.15) is 26.3 Å². The van der Waals surface area contributed by atoms with E-state index < -0.39 is 23.5 Å². The molecule has 0 aliphatic carbocycles. The number of amides is 2. The summed E-state index contributed by atoms with van der Waals surface area (Å²) in [6.07, 6.45) is 1.42. The van der Waals surface area contributed by atoms with Crippen molar-refractivity contribution in [2.75, 3.05) is 12.4 Å². The Hall–Kier alpha value is -3.42. The highest BCUT2D eigenvalue weighted by Gasteiger charge is 2.22. The van der Waals surface area contributed by atoms with Gasteiger partial charge in [0.2, 0.25) is 5.91 Å². The molecule has 8 heteroatoms. The Kier molecular flexibility index (Phi) is 7.70. The van der Waals surface area contributed by atoms with Gasteiger partial charge in [-0.1, -0.05) is 12.1 Å². The molecule has 0 radical (unpaired) electrons. The summed E-state index contributed by atoms with van der Waals surface area (Å²) in [6.45, 7) is 5.23. The van der Waals surface area contributed by atoms with Crippen molar-refractivity contribution in [3.63, 3.8) is 0 Å². The lowest BCUT2D eigenvalue weighted by molar-refractivity contribution is -0.131. The quantitative estimate of drug-likeness (QED) is 0.403. The van der Waals surface area contributed by atoms with Gasteiger partial charge in [-0.05, 0) is 56.7 Å². The van der Waals surface area contributed by atoms with E-state index in [4.69, 9.17) is 9.47 Å². The van der Waals surface area contributed by atoms with Crippen LogP contribution in [0.4, 0.5) is 10.1 Å². The number of hydrazone groups is 1. The Balaban J connectivity index is 1.96. The Morgan fingerprint density at radius 1 is 1.07 bits per heavy atom. The van der Waals surface area contributed by atoms with Crippen LogP contribution in [-0.4, -0.2) is 31.2 Å². The molecule has 2 aromatic rings. The first kappa shape index (κ1) is 21.9. The highest BCUT2D eigenvalue weighted by Crippen LogP contribution is 2.28. The number of para-hydroxylation sites is 1. The average Bonchev–Trinajstić information content (AvgIpc) is 2.69. The maximum absolute atomic E-state index is 13.6. The van der Waals surface area contributed by atoms with Gasteiger partial charge in [0.05, 0.1) is 25.1 Å². The van der Waals surface area contributed by atoms with Crippen LogP contribution < -0.4 is 20.2 Å². The number of halogens is 1. The minimum absolute atomic E-state index is 0.000277. The van der Waals surface area contributed by atoms with Crippen LogP contribution in [-0.2, 0) is 9.59 Å². The van der Waals surface area contributed by atoms with Crippen molar-refractivity contribution in [1.82, 2.24) is 5.43 Å². The van der Waals surface area contributed by atoms with Crippen molar-refractivity contribution < 1.29 is 23.5 Å². The molecule has 29 heavy (non-hydrogen) atoms. The first-order valence-corrected chi connectivity index (χ1v) is 9.04. The summed E-state index contributed by atoms with van der Waals surface area (Å²) in [5.41, 5.74) is 2.98. The molecular formula is C21H24FN3O4. The topological polar surface area (TPSA) is 89.0 Å². The van der Waals surface area contributed by atoms with Gasteiger partial charge in [-0.2, -0.15) is 5.10 Å². The highest BCUT2D eigenvalue weighted by atomic mass is 19.1. The molecule has 154 valence electrons. The minimum atomic E-state index is -1.07. The van der Waals surface area contributed by atoms with Crippen LogP contribution in [0, 0.1) is 11.7 Å². The number of rotatable bonds is 8. The Morgan fingerprint density at radius 2 is 1.79 bits per heavy atom. The van der Waals surface area contributed by atoms with Crippen LogP contribution in [0.15, 0.2) is 47.6 Å². The number of methoxy groups -OCH3 is 1. The predicted molar refractivity (Wildman–Crippen MR) is 109 cm³/mol. The molecule has 0 bridgehead atoms. The lowest BCUT2D eigenvalue weighted by Gasteiger charge is -2.13. The van der Waals surface area contributed by atoms with Gasteiger partial charge in [-0.25, -0.2) is 9.82 Å². The number of carbonyl (C=O) groups excluding carboxylic acids is 2. The zero-order chi connectivity index (χ0) is 21.4. The summed E-state index contributed by atoms with van der Waals surface area (Å²) >= 11 is 0. The fourth-order valence-corrected chi connectivity index (χ4v) is 2.31. The number of benzene rings is 2. The van der Waals surface area contributed by atoms with Gasteiger partial charge in [0.1, 0.15) is 11.7 Å². The number of carbonyl (C=O) groups is 2. The van der Waals surface area contributed by atoms with Gasteiger partial charge in [0, 0.05) is 0 Å². The summed E-state index contributed by atoms with van der Waals surface area (Å²) in [5.74, 6) is -1.77. The number of nitrogens with one attached hydrogen (secondary N) is 2. The molecule has 2 aromatic carbocycles. The van der Waals surface area contributed by atoms with Gasteiger partial charge in [-0.15, -0.1) is 0 Å². The zero-order valence-electron chi connectivity index (χ0n) is 16.7. The zero-order valence-corrected chi connectivity index (χ0v) is 16.7. The molecular weight excluding hydrogens is 377 g/mol. The molecule has 0 heterocycles. The van der Waals surface area contributed by atoms with E-state index in [1.165, 1.54) is 38.4 Å². The van der Waals surface area contributed by atoms with E-state index in [1.807, 2.05) is 13.8 Å². The standard InChI is InChI=1S/C21H24FN3O4/c1-13(2)29-18-10-9-15(11-19(18)28-4)12-23-25-21(27)14(3)20(26)24-17-8-6-5-7-16(17)22/h5-14H,1-4H3,(H,24,26)(H,25,27). The van der Waals surface area contributed by atoms with Crippen molar-refractivity contribution in [3.05, 3.63) is 53.8 Å². The SMILES string of the molecule is COc1cc(C=NNC(=O)C(C)C(=O)Nc2ccccc2F)ccc1OC(C)C. The van der Waals surface area contributed by atoms with E-state index in [2.05, 4.69) is 15.8 Å². The molecule has 2 N–H and O–H groups in total. The second-order valence-corrected chi connectivity index (χ2v) is 6.50. The molecule has 0 aliphatic rings. The number of anilines is 1. The van der Waals surface area contributed by atoms with Gasteiger partial charge in [0.25, 0.3) is 5.91 Å². The average molecular weight is 401 g/mol. The van der Waals surface area contributed by atoms with Gasteiger partial charge in [-0.3, -0.25) is 9.59 Å². The lowest BCUT2D eigenvalue weighted by Crippen LogP contribution is -2.34. The van der Waals surface area contributed by atoms with E-state index in [0.29, 0.717) is 17.1 Å². The summed E-state index contributed by atoms with van der Waals surface area (Å²) in [6, 6.07) is 10.9. The molecule has 1 atom stereocenters. The second-order valence-electron chi connectivity index (χ2n) is 6.50. The van der Waals surface area contributed by atoms with Gasteiger partial charge >= 0.3 is 0 Å². The van der Waals surface area contributed by atoms with Crippen molar-refractivity contribution >= 4 is 23.7 Å².